The van der Waals surface area contributed by atoms with Crippen LogP contribution in [0.25, 0.3) is 11.1 Å². The number of nitrogens with one attached hydrogen (secondary N) is 1. The molecule has 2 aromatic rings. The van der Waals surface area contributed by atoms with Gasteiger partial charge in [-0.05, 0) is 23.6 Å². The lowest BCUT2D eigenvalue weighted by Gasteiger charge is -2.05. The van der Waals surface area contributed by atoms with E-state index in [2.05, 4.69) is 10.3 Å². The largest absolute Gasteiger partial charge is 0.481 e. The number of carboxylic acids is 1. The molecule has 0 aliphatic heterocycles. The topological polar surface area (TPSA) is 92.4 Å². The molecule has 1 heterocycles. The number of hydrogen-bond donors (Lipinski definition) is 2. The minimum Gasteiger partial charge on any atom is -0.481 e. The Labute approximate surface area is 121 Å². The molecule has 110 valence electrons. The Morgan fingerprint density at radius 1 is 1.33 bits per heavy atom. The second-order valence-electron chi connectivity index (χ2n) is 6.02. The maximum absolute atomic E-state index is 12.2. The number of amides is 1. The van der Waals surface area contributed by atoms with Gasteiger partial charge in [-0.2, -0.15) is 0 Å². The Bertz CT molecular complexity index is 747. The second kappa shape index (κ2) is 4.31. The molecule has 2 N–H and O–H groups in total. The zero-order valence-corrected chi connectivity index (χ0v) is 12.0. The molecule has 6 nitrogen and oxygen atoms in total. The van der Waals surface area contributed by atoms with Gasteiger partial charge in [-0.3, -0.25) is 9.59 Å². The van der Waals surface area contributed by atoms with Crippen LogP contribution in [0.3, 0.4) is 0 Å². The Balaban J connectivity index is 1.79. The van der Waals surface area contributed by atoms with Gasteiger partial charge in [0, 0.05) is 12.6 Å². The van der Waals surface area contributed by atoms with Gasteiger partial charge in [0.25, 0.3) is 0 Å². The third kappa shape index (κ3) is 2.16. The molecule has 0 spiro atoms. The molecule has 0 bridgehead atoms. The first kappa shape index (κ1) is 13.6. The van der Waals surface area contributed by atoms with Crippen LogP contribution in [-0.2, 0) is 9.59 Å². The van der Waals surface area contributed by atoms with E-state index in [1.807, 2.05) is 0 Å². The first-order valence-corrected chi connectivity index (χ1v) is 6.71. The van der Waals surface area contributed by atoms with Gasteiger partial charge in [-0.15, -0.1) is 0 Å². The standard InChI is InChI=1S/C15H16N2O4/c1-7-16-9-6-8(4-5-10(9)21-7)17-13(18)11-12(14(19)20)15(11,2)3/h4-6,11-12H,1-3H3,(H,17,18)(H,19,20). The fourth-order valence-corrected chi connectivity index (χ4v) is 2.93. The summed E-state index contributed by atoms with van der Waals surface area (Å²) in [7, 11) is 0. The second-order valence-corrected chi connectivity index (χ2v) is 6.02. The Kier molecular flexibility index (Phi) is 2.79. The molecule has 3 rings (SSSR count). The van der Waals surface area contributed by atoms with Gasteiger partial charge in [0.2, 0.25) is 5.91 Å². The molecule has 1 fully saturated rings. The molecule has 0 saturated heterocycles. The van der Waals surface area contributed by atoms with E-state index >= 15 is 0 Å². The maximum Gasteiger partial charge on any atom is 0.307 e. The summed E-state index contributed by atoms with van der Waals surface area (Å²) < 4.78 is 5.37. The maximum atomic E-state index is 12.2. The number of fused-ring (bicyclic) bond motifs is 1. The Morgan fingerprint density at radius 3 is 2.67 bits per heavy atom. The lowest BCUT2D eigenvalue weighted by atomic mass is 10.1. The van der Waals surface area contributed by atoms with Crippen molar-refractivity contribution >= 4 is 28.7 Å². The SMILES string of the molecule is Cc1nc2cc(NC(=O)C3C(C(=O)O)C3(C)C)ccc2o1. The summed E-state index contributed by atoms with van der Waals surface area (Å²) in [4.78, 5) is 27.5. The third-order valence-electron chi connectivity index (χ3n) is 4.14. The van der Waals surface area contributed by atoms with Crippen LogP contribution in [0.2, 0.25) is 0 Å². The molecule has 21 heavy (non-hydrogen) atoms. The number of benzene rings is 1. The van der Waals surface area contributed by atoms with Gasteiger partial charge < -0.3 is 14.8 Å². The van der Waals surface area contributed by atoms with Gasteiger partial charge in [0.15, 0.2) is 11.5 Å². The first-order chi connectivity index (χ1) is 9.80. The van der Waals surface area contributed by atoms with Crippen molar-refractivity contribution in [1.82, 2.24) is 4.98 Å². The molecule has 0 radical (unpaired) electrons. The molecule has 1 aromatic carbocycles. The van der Waals surface area contributed by atoms with Gasteiger partial charge >= 0.3 is 5.97 Å². The number of carbonyl (C=O) groups is 2. The molecule has 1 aliphatic rings. The number of oxazole rings is 1. The predicted octanol–water partition coefficient (Wildman–Crippen LogP) is 2.43. The van der Waals surface area contributed by atoms with Gasteiger partial charge in [-0.25, -0.2) is 4.98 Å². The Morgan fingerprint density at radius 2 is 2.05 bits per heavy atom. The van der Waals surface area contributed by atoms with Gasteiger partial charge in [0.1, 0.15) is 5.52 Å². The van der Waals surface area contributed by atoms with Crippen LogP contribution in [0.4, 0.5) is 5.69 Å². The summed E-state index contributed by atoms with van der Waals surface area (Å²) in [6.45, 7) is 5.34. The number of rotatable bonds is 3. The quantitative estimate of drug-likeness (QED) is 0.904. The normalized spacial score (nSPS) is 23.0. The lowest BCUT2D eigenvalue weighted by molar-refractivity contribution is -0.140. The van der Waals surface area contributed by atoms with E-state index < -0.39 is 23.2 Å². The fourth-order valence-electron chi connectivity index (χ4n) is 2.93. The van der Waals surface area contributed by atoms with Crippen LogP contribution in [-0.4, -0.2) is 22.0 Å². The van der Waals surface area contributed by atoms with Crippen molar-refractivity contribution in [2.75, 3.05) is 5.32 Å². The van der Waals surface area contributed by atoms with Crippen molar-refractivity contribution in [2.24, 2.45) is 17.3 Å². The molecule has 1 aromatic heterocycles. The summed E-state index contributed by atoms with van der Waals surface area (Å²) in [5.41, 5.74) is 1.40. The van der Waals surface area contributed by atoms with Crippen molar-refractivity contribution in [2.45, 2.75) is 20.8 Å². The molecule has 2 unspecified atom stereocenters. The number of carbonyl (C=O) groups excluding carboxylic acids is 1. The van der Waals surface area contributed by atoms with Crippen LogP contribution in [0.15, 0.2) is 22.6 Å². The highest BCUT2D eigenvalue weighted by Crippen LogP contribution is 2.58. The van der Waals surface area contributed by atoms with Crippen LogP contribution in [0, 0.1) is 24.2 Å². The number of aryl methyl sites for hydroxylation is 1. The molecule has 1 amide bonds. The van der Waals surface area contributed by atoms with E-state index in [0.29, 0.717) is 22.7 Å². The van der Waals surface area contributed by atoms with E-state index in [0.717, 1.165) is 0 Å². The molecular formula is C15H16N2O4. The number of aliphatic carboxylic acids is 1. The highest BCUT2D eigenvalue weighted by atomic mass is 16.4. The highest BCUT2D eigenvalue weighted by molar-refractivity contribution is 6.00. The molecule has 2 atom stereocenters. The summed E-state index contributed by atoms with van der Waals surface area (Å²) >= 11 is 0. The summed E-state index contributed by atoms with van der Waals surface area (Å²) in [5, 5.41) is 11.9. The Hall–Kier alpha value is -2.37. The fraction of sp³-hybridized carbons (Fsp3) is 0.400. The van der Waals surface area contributed by atoms with E-state index in [1.54, 1.807) is 39.0 Å². The van der Waals surface area contributed by atoms with E-state index in [9.17, 15) is 9.59 Å². The van der Waals surface area contributed by atoms with Crippen LogP contribution < -0.4 is 5.32 Å². The van der Waals surface area contributed by atoms with Crippen molar-refractivity contribution in [3.05, 3.63) is 24.1 Å². The number of anilines is 1. The van der Waals surface area contributed by atoms with E-state index in [1.165, 1.54) is 0 Å². The third-order valence-corrected chi connectivity index (χ3v) is 4.14. The number of aromatic nitrogens is 1. The minimum atomic E-state index is -0.928. The summed E-state index contributed by atoms with van der Waals surface area (Å²) in [6.07, 6.45) is 0. The molecular weight excluding hydrogens is 272 g/mol. The number of carboxylic acid groups (broad SMARTS) is 1. The zero-order valence-electron chi connectivity index (χ0n) is 12.0. The van der Waals surface area contributed by atoms with Crippen molar-refractivity contribution < 1.29 is 19.1 Å². The van der Waals surface area contributed by atoms with E-state index in [-0.39, 0.29) is 5.91 Å². The van der Waals surface area contributed by atoms with Crippen LogP contribution >= 0.6 is 0 Å². The number of nitrogens with zero attached hydrogens (tertiary/aromatic N) is 1. The molecule has 6 heteroatoms. The van der Waals surface area contributed by atoms with Crippen molar-refractivity contribution in [3.8, 4) is 0 Å². The smallest absolute Gasteiger partial charge is 0.307 e. The lowest BCUT2D eigenvalue weighted by Crippen LogP contribution is -2.17. The van der Waals surface area contributed by atoms with Gasteiger partial charge in [-0.1, -0.05) is 13.8 Å². The minimum absolute atomic E-state index is 0.271. The zero-order chi connectivity index (χ0) is 15.4. The summed E-state index contributed by atoms with van der Waals surface area (Å²) in [6, 6.07) is 5.17. The van der Waals surface area contributed by atoms with Crippen LogP contribution in [0.5, 0.6) is 0 Å². The molecule has 1 saturated carbocycles. The highest BCUT2D eigenvalue weighted by Gasteiger charge is 2.65. The van der Waals surface area contributed by atoms with Crippen molar-refractivity contribution in [3.63, 3.8) is 0 Å². The predicted molar refractivity (Wildman–Crippen MR) is 75.8 cm³/mol. The monoisotopic (exact) mass is 288 g/mol. The number of hydrogen-bond acceptors (Lipinski definition) is 4. The van der Waals surface area contributed by atoms with E-state index in [4.69, 9.17) is 9.52 Å². The summed E-state index contributed by atoms with van der Waals surface area (Å²) in [5.74, 6) is -1.78. The first-order valence-electron chi connectivity index (χ1n) is 6.71. The average Bonchev–Trinajstić information content (AvgIpc) is 2.77. The van der Waals surface area contributed by atoms with Crippen molar-refractivity contribution in [1.29, 1.82) is 0 Å². The molecule has 1 aliphatic carbocycles. The average molecular weight is 288 g/mol. The van der Waals surface area contributed by atoms with Gasteiger partial charge in [0.05, 0.1) is 11.8 Å². The van der Waals surface area contributed by atoms with Crippen LogP contribution in [0.1, 0.15) is 19.7 Å².